The summed E-state index contributed by atoms with van der Waals surface area (Å²) in [6.07, 6.45) is 1.51. The van der Waals surface area contributed by atoms with Crippen molar-refractivity contribution in [2.75, 3.05) is 10.6 Å². The van der Waals surface area contributed by atoms with E-state index in [1.165, 1.54) is 25.3 Å². The van der Waals surface area contributed by atoms with Gasteiger partial charge in [-0.1, -0.05) is 13.8 Å². The van der Waals surface area contributed by atoms with Crippen molar-refractivity contribution in [3.63, 3.8) is 0 Å². The predicted octanol–water partition coefficient (Wildman–Crippen LogP) is 4.35. The van der Waals surface area contributed by atoms with Gasteiger partial charge in [0.05, 0.1) is 23.1 Å². The van der Waals surface area contributed by atoms with E-state index < -0.39 is 0 Å². The first kappa shape index (κ1) is 19.3. The minimum Gasteiger partial charge on any atom is -0.326 e. The molecule has 7 heteroatoms. The van der Waals surface area contributed by atoms with Crippen molar-refractivity contribution in [2.24, 2.45) is 0 Å². The molecule has 2 N–H and O–H groups in total. The number of aromatic nitrogens is 2. The van der Waals surface area contributed by atoms with Gasteiger partial charge in [0.2, 0.25) is 5.91 Å². The molecule has 144 valence electrons. The zero-order chi connectivity index (χ0) is 20.3. The summed E-state index contributed by atoms with van der Waals surface area (Å²) >= 11 is 0. The predicted molar refractivity (Wildman–Crippen MR) is 106 cm³/mol. The smallest absolute Gasteiger partial charge is 0.259 e. The summed E-state index contributed by atoms with van der Waals surface area (Å²) < 4.78 is 14.9. The van der Waals surface area contributed by atoms with Crippen LogP contribution in [0.25, 0.3) is 5.69 Å². The Labute approximate surface area is 162 Å². The number of rotatable bonds is 5. The third-order valence-electron chi connectivity index (χ3n) is 4.13. The zero-order valence-electron chi connectivity index (χ0n) is 15.9. The van der Waals surface area contributed by atoms with Gasteiger partial charge in [0, 0.05) is 18.3 Å². The van der Waals surface area contributed by atoms with E-state index in [0.717, 1.165) is 5.69 Å². The summed E-state index contributed by atoms with van der Waals surface area (Å²) in [5, 5.41) is 9.85. The highest BCUT2D eigenvalue weighted by atomic mass is 19.1. The van der Waals surface area contributed by atoms with Crippen molar-refractivity contribution >= 4 is 23.2 Å². The Hall–Kier alpha value is -3.48. The molecule has 1 aromatic heterocycles. The molecule has 0 aliphatic heterocycles. The monoisotopic (exact) mass is 380 g/mol. The second-order valence-corrected chi connectivity index (χ2v) is 6.70. The lowest BCUT2D eigenvalue weighted by Gasteiger charge is -2.13. The van der Waals surface area contributed by atoms with E-state index in [2.05, 4.69) is 15.7 Å². The Morgan fingerprint density at radius 3 is 2.07 bits per heavy atom. The summed E-state index contributed by atoms with van der Waals surface area (Å²) in [6, 6.07) is 12.8. The average molecular weight is 380 g/mol. The molecule has 0 bridgehead atoms. The molecule has 6 nitrogen and oxygen atoms in total. The van der Waals surface area contributed by atoms with E-state index in [1.807, 2.05) is 13.8 Å². The second-order valence-electron chi connectivity index (χ2n) is 6.70. The zero-order valence-corrected chi connectivity index (χ0v) is 15.9. The standard InChI is InChI=1S/C21H21FN4O2/c1-13(2)20-19(12-23-26(20)18-10-4-15(22)5-11-18)21(28)25-17-8-6-16(7-9-17)24-14(3)27/h4-13H,1-3H3,(H,24,27)(H,25,28). The Morgan fingerprint density at radius 2 is 1.54 bits per heavy atom. The van der Waals surface area contributed by atoms with Crippen molar-refractivity contribution in [1.82, 2.24) is 9.78 Å². The van der Waals surface area contributed by atoms with Crippen molar-refractivity contribution in [2.45, 2.75) is 26.7 Å². The normalized spacial score (nSPS) is 10.8. The van der Waals surface area contributed by atoms with Gasteiger partial charge in [-0.2, -0.15) is 5.10 Å². The van der Waals surface area contributed by atoms with E-state index in [4.69, 9.17) is 0 Å². The van der Waals surface area contributed by atoms with Gasteiger partial charge < -0.3 is 10.6 Å². The molecule has 28 heavy (non-hydrogen) atoms. The summed E-state index contributed by atoms with van der Waals surface area (Å²) in [5.74, 6) is -0.756. The molecular weight excluding hydrogens is 359 g/mol. The van der Waals surface area contributed by atoms with Gasteiger partial charge in [-0.25, -0.2) is 9.07 Å². The fourth-order valence-electron chi connectivity index (χ4n) is 2.92. The van der Waals surface area contributed by atoms with Gasteiger partial charge in [0.15, 0.2) is 0 Å². The van der Waals surface area contributed by atoms with Crippen molar-refractivity contribution in [1.29, 1.82) is 0 Å². The highest BCUT2D eigenvalue weighted by molar-refractivity contribution is 6.05. The van der Waals surface area contributed by atoms with Crippen LogP contribution in [0, 0.1) is 5.82 Å². The number of hydrogen-bond donors (Lipinski definition) is 2. The van der Waals surface area contributed by atoms with Crippen LogP contribution in [-0.2, 0) is 4.79 Å². The van der Waals surface area contributed by atoms with Gasteiger partial charge in [-0.3, -0.25) is 9.59 Å². The summed E-state index contributed by atoms with van der Waals surface area (Å²) in [4.78, 5) is 23.9. The van der Waals surface area contributed by atoms with Crippen LogP contribution in [0.4, 0.5) is 15.8 Å². The highest BCUT2D eigenvalue weighted by Gasteiger charge is 2.21. The Morgan fingerprint density at radius 1 is 0.964 bits per heavy atom. The second kappa shape index (κ2) is 8.04. The molecule has 3 rings (SSSR count). The van der Waals surface area contributed by atoms with Crippen molar-refractivity contribution < 1.29 is 14.0 Å². The molecule has 2 aromatic carbocycles. The van der Waals surface area contributed by atoms with Gasteiger partial charge in [0.25, 0.3) is 5.91 Å². The SMILES string of the molecule is CC(=O)Nc1ccc(NC(=O)c2cnn(-c3ccc(F)cc3)c2C(C)C)cc1. The number of nitrogens with one attached hydrogen (secondary N) is 2. The third-order valence-corrected chi connectivity index (χ3v) is 4.13. The number of amides is 2. The molecule has 0 spiro atoms. The Kier molecular flexibility index (Phi) is 5.54. The molecule has 0 unspecified atom stereocenters. The van der Waals surface area contributed by atoms with Crippen LogP contribution in [0.5, 0.6) is 0 Å². The molecule has 1 heterocycles. The molecule has 0 saturated carbocycles. The lowest BCUT2D eigenvalue weighted by atomic mass is 10.0. The molecule has 0 saturated heterocycles. The van der Waals surface area contributed by atoms with Gasteiger partial charge in [-0.15, -0.1) is 0 Å². The highest BCUT2D eigenvalue weighted by Crippen LogP contribution is 2.24. The van der Waals surface area contributed by atoms with Crippen molar-refractivity contribution in [3.8, 4) is 5.69 Å². The van der Waals surface area contributed by atoms with Gasteiger partial charge in [-0.05, 0) is 54.4 Å². The number of carbonyl (C=O) groups is 2. The van der Waals surface area contributed by atoms with E-state index in [1.54, 1.807) is 41.1 Å². The maximum atomic E-state index is 13.2. The molecule has 0 aliphatic rings. The summed E-state index contributed by atoms with van der Waals surface area (Å²) in [7, 11) is 0. The molecule has 0 fully saturated rings. The van der Waals surface area contributed by atoms with Crippen LogP contribution in [0.2, 0.25) is 0 Å². The molecular formula is C21H21FN4O2. The van der Waals surface area contributed by atoms with E-state index in [9.17, 15) is 14.0 Å². The minimum atomic E-state index is -0.331. The number of benzene rings is 2. The van der Waals surface area contributed by atoms with Crippen LogP contribution < -0.4 is 10.6 Å². The fraction of sp³-hybridized carbons (Fsp3) is 0.190. The molecule has 3 aromatic rings. The number of carbonyl (C=O) groups excluding carboxylic acids is 2. The minimum absolute atomic E-state index is 0.0236. The first-order chi connectivity index (χ1) is 13.3. The van der Waals surface area contributed by atoms with Crippen LogP contribution in [-0.4, -0.2) is 21.6 Å². The average Bonchev–Trinajstić information content (AvgIpc) is 3.09. The molecule has 0 atom stereocenters. The summed E-state index contributed by atoms with van der Waals surface area (Å²) in [6.45, 7) is 5.37. The van der Waals surface area contributed by atoms with Crippen LogP contribution in [0.3, 0.4) is 0 Å². The van der Waals surface area contributed by atoms with Gasteiger partial charge >= 0.3 is 0 Å². The number of hydrogen-bond acceptors (Lipinski definition) is 3. The third kappa shape index (κ3) is 4.25. The Bertz CT molecular complexity index is 992. The van der Waals surface area contributed by atoms with Gasteiger partial charge in [0.1, 0.15) is 5.82 Å². The fourth-order valence-corrected chi connectivity index (χ4v) is 2.92. The van der Waals surface area contributed by atoms with Crippen LogP contribution in [0.15, 0.2) is 54.7 Å². The molecule has 2 amide bonds. The molecule has 0 radical (unpaired) electrons. The maximum absolute atomic E-state index is 13.2. The number of halogens is 1. The van der Waals surface area contributed by atoms with E-state index in [-0.39, 0.29) is 23.5 Å². The topological polar surface area (TPSA) is 76.0 Å². The lowest BCUT2D eigenvalue weighted by molar-refractivity contribution is -0.114. The van der Waals surface area contributed by atoms with E-state index in [0.29, 0.717) is 22.6 Å². The largest absolute Gasteiger partial charge is 0.326 e. The quantitative estimate of drug-likeness (QED) is 0.691. The van der Waals surface area contributed by atoms with E-state index >= 15 is 0 Å². The van der Waals surface area contributed by atoms with Crippen LogP contribution in [0.1, 0.15) is 42.7 Å². The number of anilines is 2. The summed E-state index contributed by atoms with van der Waals surface area (Å²) in [5.41, 5.74) is 3.12. The van der Waals surface area contributed by atoms with Crippen molar-refractivity contribution in [3.05, 3.63) is 71.8 Å². The Balaban J connectivity index is 1.85. The first-order valence-corrected chi connectivity index (χ1v) is 8.88. The lowest BCUT2D eigenvalue weighted by Crippen LogP contribution is -2.15. The maximum Gasteiger partial charge on any atom is 0.259 e. The first-order valence-electron chi connectivity index (χ1n) is 8.88. The molecule has 0 aliphatic carbocycles. The van der Waals surface area contributed by atoms with Crippen LogP contribution >= 0.6 is 0 Å². The number of nitrogens with zero attached hydrogens (tertiary/aromatic N) is 2.